The summed E-state index contributed by atoms with van der Waals surface area (Å²) in [6, 6.07) is 0.518. The summed E-state index contributed by atoms with van der Waals surface area (Å²) < 4.78 is 41.8. The van der Waals surface area contributed by atoms with Gasteiger partial charge >= 0.3 is 0 Å². The van der Waals surface area contributed by atoms with Gasteiger partial charge in [0.2, 0.25) is 11.6 Å². The molecule has 0 bridgehead atoms. The molecule has 0 aliphatic rings. The van der Waals surface area contributed by atoms with Crippen molar-refractivity contribution in [3.63, 3.8) is 0 Å². The standard InChI is InChI=1S/C7H5F3O2/c1-12-4-2-3(8)5(9)7(11)6(4)10/h2,11H,1H3. The highest BCUT2D eigenvalue weighted by molar-refractivity contribution is 5.36. The molecule has 0 saturated heterocycles. The number of ether oxygens (including phenoxy) is 1. The lowest BCUT2D eigenvalue weighted by molar-refractivity contribution is 0.336. The fourth-order valence-electron chi connectivity index (χ4n) is 0.717. The van der Waals surface area contributed by atoms with Gasteiger partial charge in [0.05, 0.1) is 7.11 Å². The number of halogens is 3. The lowest BCUT2D eigenvalue weighted by Gasteiger charge is -2.04. The third-order valence-electron chi connectivity index (χ3n) is 1.32. The van der Waals surface area contributed by atoms with Crippen LogP contribution in [0.3, 0.4) is 0 Å². The Bertz CT molecular complexity index is 312. The quantitative estimate of drug-likeness (QED) is 0.664. The van der Waals surface area contributed by atoms with Crippen LogP contribution in [0.4, 0.5) is 13.2 Å². The van der Waals surface area contributed by atoms with Gasteiger partial charge in [-0.3, -0.25) is 0 Å². The molecule has 1 N–H and O–H groups in total. The first kappa shape index (κ1) is 8.70. The van der Waals surface area contributed by atoms with Gasteiger partial charge in [0.1, 0.15) is 0 Å². The summed E-state index contributed by atoms with van der Waals surface area (Å²) in [6.07, 6.45) is 0. The molecule has 0 aliphatic carbocycles. The van der Waals surface area contributed by atoms with Crippen LogP contribution in [0.2, 0.25) is 0 Å². The average molecular weight is 178 g/mol. The number of methoxy groups -OCH3 is 1. The summed E-state index contributed by atoms with van der Waals surface area (Å²) in [5, 5.41) is 8.63. The number of aromatic hydroxyl groups is 1. The highest BCUT2D eigenvalue weighted by Crippen LogP contribution is 2.30. The SMILES string of the molecule is COc1cc(F)c(F)c(O)c1F. The second-order valence-electron chi connectivity index (χ2n) is 2.04. The Kier molecular flexibility index (Phi) is 2.12. The largest absolute Gasteiger partial charge is 0.503 e. The first-order valence-corrected chi connectivity index (χ1v) is 2.98. The monoisotopic (exact) mass is 178 g/mol. The summed E-state index contributed by atoms with van der Waals surface area (Å²) in [5.41, 5.74) is 0. The molecule has 0 saturated carbocycles. The predicted molar refractivity (Wildman–Crippen MR) is 34.5 cm³/mol. The van der Waals surface area contributed by atoms with Gasteiger partial charge in [-0.2, -0.15) is 8.78 Å². The van der Waals surface area contributed by atoms with Crippen molar-refractivity contribution in [2.24, 2.45) is 0 Å². The van der Waals surface area contributed by atoms with Crippen LogP contribution in [0.25, 0.3) is 0 Å². The van der Waals surface area contributed by atoms with Gasteiger partial charge < -0.3 is 9.84 Å². The molecule has 2 nitrogen and oxygen atoms in total. The van der Waals surface area contributed by atoms with Crippen LogP contribution in [0, 0.1) is 17.5 Å². The predicted octanol–water partition coefficient (Wildman–Crippen LogP) is 1.82. The van der Waals surface area contributed by atoms with Crippen molar-refractivity contribution >= 4 is 0 Å². The molecule has 0 aromatic heterocycles. The second-order valence-corrected chi connectivity index (χ2v) is 2.04. The van der Waals surface area contributed by atoms with Crippen molar-refractivity contribution < 1.29 is 23.0 Å². The van der Waals surface area contributed by atoms with E-state index < -0.39 is 29.0 Å². The van der Waals surface area contributed by atoms with Crippen molar-refractivity contribution in [1.29, 1.82) is 0 Å². The van der Waals surface area contributed by atoms with Gasteiger partial charge in [-0.25, -0.2) is 4.39 Å². The number of rotatable bonds is 1. The summed E-state index contributed by atoms with van der Waals surface area (Å²) in [7, 11) is 1.08. The van der Waals surface area contributed by atoms with Crippen LogP contribution < -0.4 is 4.74 Å². The zero-order chi connectivity index (χ0) is 9.30. The maximum absolute atomic E-state index is 12.7. The molecule has 12 heavy (non-hydrogen) atoms. The molecular weight excluding hydrogens is 173 g/mol. The molecule has 0 amide bonds. The number of phenols is 1. The van der Waals surface area contributed by atoms with Crippen molar-refractivity contribution in [3.8, 4) is 11.5 Å². The van der Waals surface area contributed by atoms with Crippen molar-refractivity contribution in [2.75, 3.05) is 7.11 Å². The molecular formula is C7H5F3O2. The number of hydrogen-bond acceptors (Lipinski definition) is 2. The smallest absolute Gasteiger partial charge is 0.209 e. The van der Waals surface area contributed by atoms with Gasteiger partial charge in [0.15, 0.2) is 17.3 Å². The third kappa shape index (κ3) is 1.17. The van der Waals surface area contributed by atoms with Crippen molar-refractivity contribution in [3.05, 3.63) is 23.5 Å². The Morgan fingerprint density at radius 2 is 1.83 bits per heavy atom. The minimum atomic E-state index is -1.62. The molecule has 0 aliphatic heterocycles. The summed E-state index contributed by atoms with van der Waals surface area (Å²) >= 11 is 0. The van der Waals surface area contributed by atoms with E-state index in [0.29, 0.717) is 6.07 Å². The van der Waals surface area contributed by atoms with E-state index in [2.05, 4.69) is 4.74 Å². The van der Waals surface area contributed by atoms with Gasteiger partial charge in [-0.05, 0) is 0 Å². The van der Waals surface area contributed by atoms with E-state index in [1.165, 1.54) is 0 Å². The molecule has 66 valence electrons. The van der Waals surface area contributed by atoms with Crippen molar-refractivity contribution in [2.45, 2.75) is 0 Å². The molecule has 0 radical (unpaired) electrons. The second kappa shape index (κ2) is 2.92. The van der Waals surface area contributed by atoms with E-state index in [1.807, 2.05) is 0 Å². The van der Waals surface area contributed by atoms with Crippen LogP contribution in [0.5, 0.6) is 11.5 Å². The molecule has 0 fully saturated rings. The topological polar surface area (TPSA) is 29.5 Å². The molecule has 0 heterocycles. The van der Waals surface area contributed by atoms with Crippen LogP contribution in [0.1, 0.15) is 0 Å². The zero-order valence-electron chi connectivity index (χ0n) is 6.07. The Labute approximate surface area is 66.2 Å². The minimum absolute atomic E-state index is 0.518. The van der Waals surface area contributed by atoms with Crippen LogP contribution in [-0.4, -0.2) is 12.2 Å². The molecule has 0 spiro atoms. The summed E-state index contributed by atoms with van der Waals surface area (Å²) in [5.74, 6) is -6.19. The van der Waals surface area contributed by atoms with Gasteiger partial charge in [0, 0.05) is 6.07 Å². The van der Waals surface area contributed by atoms with Crippen LogP contribution in [-0.2, 0) is 0 Å². The molecule has 0 unspecified atom stereocenters. The van der Waals surface area contributed by atoms with E-state index >= 15 is 0 Å². The first-order valence-electron chi connectivity index (χ1n) is 2.98. The van der Waals surface area contributed by atoms with E-state index in [-0.39, 0.29) is 0 Å². The van der Waals surface area contributed by atoms with E-state index in [4.69, 9.17) is 5.11 Å². The lowest BCUT2D eigenvalue weighted by Crippen LogP contribution is -1.94. The molecule has 1 aromatic rings. The lowest BCUT2D eigenvalue weighted by atomic mass is 10.3. The number of benzene rings is 1. The summed E-state index contributed by atoms with van der Waals surface area (Å²) in [4.78, 5) is 0. The van der Waals surface area contributed by atoms with Crippen LogP contribution >= 0.6 is 0 Å². The van der Waals surface area contributed by atoms with Gasteiger partial charge in [-0.1, -0.05) is 0 Å². The molecule has 1 rings (SSSR count). The zero-order valence-corrected chi connectivity index (χ0v) is 6.07. The molecule has 0 atom stereocenters. The first-order chi connectivity index (χ1) is 5.57. The Balaban J connectivity index is 3.39. The van der Waals surface area contributed by atoms with Gasteiger partial charge in [0.25, 0.3) is 0 Å². The fraction of sp³-hybridized carbons (Fsp3) is 0.143. The fourth-order valence-corrected chi connectivity index (χ4v) is 0.717. The van der Waals surface area contributed by atoms with Gasteiger partial charge in [-0.15, -0.1) is 0 Å². The number of hydrogen-bond donors (Lipinski definition) is 1. The average Bonchev–Trinajstić information content (AvgIpc) is 2.08. The van der Waals surface area contributed by atoms with E-state index in [1.54, 1.807) is 0 Å². The Hall–Kier alpha value is -1.39. The van der Waals surface area contributed by atoms with Crippen LogP contribution in [0.15, 0.2) is 6.07 Å². The highest BCUT2D eigenvalue weighted by atomic mass is 19.2. The third-order valence-corrected chi connectivity index (χ3v) is 1.32. The normalized spacial score (nSPS) is 10.0. The number of phenolic OH excluding ortho intramolecular Hbond substituents is 1. The summed E-state index contributed by atoms with van der Waals surface area (Å²) in [6.45, 7) is 0. The van der Waals surface area contributed by atoms with E-state index in [9.17, 15) is 13.2 Å². The molecule has 1 aromatic carbocycles. The maximum atomic E-state index is 12.7. The molecule has 5 heteroatoms. The Morgan fingerprint density at radius 3 is 2.33 bits per heavy atom. The van der Waals surface area contributed by atoms with Crippen molar-refractivity contribution in [1.82, 2.24) is 0 Å². The highest BCUT2D eigenvalue weighted by Gasteiger charge is 2.18. The van der Waals surface area contributed by atoms with E-state index in [0.717, 1.165) is 7.11 Å². The maximum Gasteiger partial charge on any atom is 0.209 e. The Morgan fingerprint density at radius 1 is 1.25 bits per heavy atom. The minimum Gasteiger partial charge on any atom is -0.503 e.